The molecule has 0 saturated heterocycles. The molecule has 0 aliphatic heterocycles. The third-order valence-corrected chi connectivity index (χ3v) is 6.17. The molecule has 5 rings (SSSR count). The number of para-hydroxylation sites is 2. The Labute approximate surface area is 203 Å². The van der Waals surface area contributed by atoms with Gasteiger partial charge in [0.1, 0.15) is 30.0 Å². The van der Waals surface area contributed by atoms with Gasteiger partial charge in [-0.3, -0.25) is 4.79 Å². The fourth-order valence-corrected chi connectivity index (χ4v) is 4.15. The predicted molar refractivity (Wildman–Crippen MR) is 133 cm³/mol. The molecule has 7 nitrogen and oxygen atoms in total. The van der Waals surface area contributed by atoms with Gasteiger partial charge in [0.05, 0.1) is 22.3 Å². The molecule has 0 aliphatic rings. The van der Waals surface area contributed by atoms with E-state index in [1.807, 2.05) is 80.1 Å². The van der Waals surface area contributed by atoms with Gasteiger partial charge in [0.25, 0.3) is 5.91 Å². The average Bonchev–Trinajstić information content (AvgIpc) is 3.40. The molecule has 35 heavy (non-hydrogen) atoms. The highest BCUT2D eigenvalue weighted by atomic mass is 16.5. The monoisotopic (exact) mass is 466 g/mol. The fourth-order valence-electron chi connectivity index (χ4n) is 4.15. The summed E-state index contributed by atoms with van der Waals surface area (Å²) in [6, 6.07) is 24.5. The zero-order chi connectivity index (χ0) is 24.4. The zero-order valence-corrected chi connectivity index (χ0v) is 19.9. The van der Waals surface area contributed by atoms with Crippen LogP contribution in [0, 0.1) is 13.8 Å². The standard InChI is InChI=1S/C28H26N4O3/c1-18-23(19(2)35-31-18)17-34-22-15-13-21(14-16-22)28(33)30-26(20-9-5-4-6-10-20)27-29-24-11-7-8-12-25(24)32(27)3/h4-16,26H,17H2,1-3H3,(H,30,33). The molecule has 176 valence electrons. The van der Waals surface area contributed by atoms with Crippen LogP contribution < -0.4 is 10.1 Å². The van der Waals surface area contributed by atoms with Crippen molar-refractivity contribution in [2.24, 2.45) is 7.05 Å². The van der Waals surface area contributed by atoms with E-state index in [9.17, 15) is 4.79 Å². The van der Waals surface area contributed by atoms with Gasteiger partial charge in [-0.2, -0.15) is 0 Å². The number of aryl methyl sites for hydroxylation is 3. The SMILES string of the molecule is Cc1noc(C)c1COc1ccc(C(=O)NC(c2ccccc2)c2nc3ccccc3n2C)cc1. The van der Waals surface area contributed by atoms with Crippen LogP contribution in [0.2, 0.25) is 0 Å². The van der Waals surface area contributed by atoms with Gasteiger partial charge in [-0.25, -0.2) is 4.98 Å². The number of ether oxygens (including phenoxy) is 1. The number of nitrogens with one attached hydrogen (secondary N) is 1. The van der Waals surface area contributed by atoms with Crippen molar-refractivity contribution in [2.45, 2.75) is 26.5 Å². The molecular weight excluding hydrogens is 440 g/mol. The molecule has 1 N–H and O–H groups in total. The molecule has 0 spiro atoms. The lowest BCUT2D eigenvalue weighted by Crippen LogP contribution is -2.31. The quantitative estimate of drug-likeness (QED) is 0.353. The van der Waals surface area contributed by atoms with E-state index in [1.54, 1.807) is 24.3 Å². The molecule has 2 aromatic heterocycles. The maximum Gasteiger partial charge on any atom is 0.252 e. The summed E-state index contributed by atoms with van der Waals surface area (Å²) >= 11 is 0. The Bertz CT molecular complexity index is 1450. The molecule has 1 atom stereocenters. The first-order chi connectivity index (χ1) is 17.0. The summed E-state index contributed by atoms with van der Waals surface area (Å²) in [5.41, 5.74) is 5.14. The van der Waals surface area contributed by atoms with Crippen molar-refractivity contribution in [1.29, 1.82) is 0 Å². The van der Waals surface area contributed by atoms with Crippen molar-refractivity contribution in [1.82, 2.24) is 20.0 Å². The smallest absolute Gasteiger partial charge is 0.252 e. The van der Waals surface area contributed by atoms with Crippen LogP contribution in [0.4, 0.5) is 0 Å². The Morgan fingerprint density at radius 3 is 2.40 bits per heavy atom. The maximum absolute atomic E-state index is 13.3. The van der Waals surface area contributed by atoms with Crippen LogP contribution in [0.15, 0.2) is 83.4 Å². The van der Waals surface area contributed by atoms with Gasteiger partial charge >= 0.3 is 0 Å². The first-order valence-corrected chi connectivity index (χ1v) is 11.4. The summed E-state index contributed by atoms with van der Waals surface area (Å²) in [5, 5.41) is 7.12. The second kappa shape index (κ2) is 9.46. The molecule has 5 aromatic rings. The van der Waals surface area contributed by atoms with Crippen molar-refractivity contribution < 1.29 is 14.1 Å². The van der Waals surface area contributed by atoms with E-state index < -0.39 is 6.04 Å². The topological polar surface area (TPSA) is 82.2 Å². The molecule has 1 unspecified atom stereocenters. The third-order valence-electron chi connectivity index (χ3n) is 6.17. The number of rotatable bonds is 7. The second-order valence-electron chi connectivity index (χ2n) is 8.45. The van der Waals surface area contributed by atoms with Crippen LogP contribution in [-0.2, 0) is 13.7 Å². The highest BCUT2D eigenvalue weighted by molar-refractivity contribution is 5.94. The van der Waals surface area contributed by atoms with Crippen LogP contribution in [0.5, 0.6) is 5.75 Å². The maximum atomic E-state index is 13.3. The van der Waals surface area contributed by atoms with Gasteiger partial charge in [-0.1, -0.05) is 47.6 Å². The lowest BCUT2D eigenvalue weighted by molar-refractivity contribution is 0.0941. The first-order valence-electron chi connectivity index (χ1n) is 11.4. The van der Waals surface area contributed by atoms with Gasteiger partial charge < -0.3 is 19.1 Å². The van der Waals surface area contributed by atoms with E-state index in [-0.39, 0.29) is 5.91 Å². The molecule has 0 fully saturated rings. The van der Waals surface area contributed by atoms with E-state index >= 15 is 0 Å². The number of amides is 1. The molecule has 2 heterocycles. The number of benzene rings is 3. The van der Waals surface area contributed by atoms with E-state index in [0.29, 0.717) is 17.9 Å². The van der Waals surface area contributed by atoms with E-state index in [2.05, 4.69) is 10.5 Å². The van der Waals surface area contributed by atoms with E-state index in [1.165, 1.54) is 0 Å². The predicted octanol–water partition coefficient (Wildman–Crippen LogP) is 5.28. The Hall–Kier alpha value is -4.39. The number of hydrogen-bond donors (Lipinski definition) is 1. The minimum Gasteiger partial charge on any atom is -0.489 e. The Morgan fingerprint density at radius 2 is 1.71 bits per heavy atom. The average molecular weight is 467 g/mol. The second-order valence-corrected chi connectivity index (χ2v) is 8.45. The normalized spacial score (nSPS) is 12.0. The Balaban J connectivity index is 1.37. The molecular formula is C28H26N4O3. The molecule has 0 bridgehead atoms. The van der Waals surface area contributed by atoms with Crippen molar-refractivity contribution in [3.05, 3.63) is 113 Å². The van der Waals surface area contributed by atoms with Crippen LogP contribution in [0.1, 0.15) is 44.8 Å². The number of carbonyl (C=O) groups excluding carboxylic acids is 1. The fraction of sp³-hybridized carbons (Fsp3) is 0.179. The summed E-state index contributed by atoms with van der Waals surface area (Å²) in [6.07, 6.45) is 0. The van der Waals surface area contributed by atoms with Crippen molar-refractivity contribution >= 4 is 16.9 Å². The van der Waals surface area contributed by atoms with E-state index in [0.717, 1.165) is 39.4 Å². The van der Waals surface area contributed by atoms with Gasteiger partial charge in [0.15, 0.2) is 0 Å². The minimum atomic E-state index is -0.406. The molecule has 0 aliphatic carbocycles. The molecule has 7 heteroatoms. The van der Waals surface area contributed by atoms with Crippen LogP contribution in [0.3, 0.4) is 0 Å². The largest absolute Gasteiger partial charge is 0.489 e. The number of hydrogen-bond acceptors (Lipinski definition) is 5. The van der Waals surface area contributed by atoms with E-state index in [4.69, 9.17) is 14.2 Å². The summed E-state index contributed by atoms with van der Waals surface area (Å²) in [4.78, 5) is 18.1. The molecule has 3 aromatic carbocycles. The number of carbonyl (C=O) groups is 1. The summed E-state index contributed by atoms with van der Waals surface area (Å²) in [6.45, 7) is 4.10. The number of nitrogens with zero attached hydrogens (tertiary/aromatic N) is 3. The molecule has 1 amide bonds. The molecule has 0 radical (unpaired) electrons. The van der Waals surface area contributed by atoms with Crippen LogP contribution in [-0.4, -0.2) is 20.6 Å². The Morgan fingerprint density at radius 1 is 1.00 bits per heavy atom. The molecule has 0 saturated carbocycles. The number of imidazole rings is 1. The van der Waals surface area contributed by atoms with Gasteiger partial charge in [0, 0.05) is 12.6 Å². The summed E-state index contributed by atoms with van der Waals surface area (Å²) in [5.74, 6) is 1.98. The number of fused-ring (bicyclic) bond motifs is 1. The van der Waals surface area contributed by atoms with Gasteiger partial charge in [-0.05, 0) is 55.8 Å². The minimum absolute atomic E-state index is 0.191. The van der Waals surface area contributed by atoms with Crippen molar-refractivity contribution in [3.8, 4) is 5.75 Å². The summed E-state index contributed by atoms with van der Waals surface area (Å²) < 4.78 is 13.1. The highest BCUT2D eigenvalue weighted by Crippen LogP contribution is 2.26. The Kier molecular flexibility index (Phi) is 6.06. The van der Waals surface area contributed by atoms with Crippen LogP contribution in [0.25, 0.3) is 11.0 Å². The zero-order valence-electron chi connectivity index (χ0n) is 19.9. The third kappa shape index (κ3) is 4.53. The van der Waals surface area contributed by atoms with Gasteiger partial charge in [-0.15, -0.1) is 0 Å². The highest BCUT2D eigenvalue weighted by Gasteiger charge is 2.23. The summed E-state index contributed by atoms with van der Waals surface area (Å²) in [7, 11) is 1.97. The van der Waals surface area contributed by atoms with Gasteiger partial charge in [0.2, 0.25) is 0 Å². The van der Waals surface area contributed by atoms with Crippen molar-refractivity contribution in [2.75, 3.05) is 0 Å². The number of aromatic nitrogens is 3. The van der Waals surface area contributed by atoms with Crippen LogP contribution >= 0.6 is 0 Å². The van der Waals surface area contributed by atoms with Crippen molar-refractivity contribution in [3.63, 3.8) is 0 Å². The first kappa shape index (κ1) is 22.4. The lowest BCUT2D eigenvalue weighted by atomic mass is 10.1. The lowest BCUT2D eigenvalue weighted by Gasteiger charge is -2.19.